The molecule has 0 saturated carbocycles. The van der Waals surface area contributed by atoms with E-state index >= 15 is 0 Å². The molecule has 2 unspecified atom stereocenters. The van der Waals surface area contributed by atoms with Crippen molar-refractivity contribution in [2.45, 2.75) is 31.9 Å². The molecule has 7 nitrogen and oxygen atoms in total. The maximum Gasteiger partial charge on any atom is 0.255 e. The zero-order valence-electron chi connectivity index (χ0n) is 20.7. The Morgan fingerprint density at radius 1 is 0.917 bits per heavy atom. The van der Waals surface area contributed by atoms with Crippen LogP contribution in [0.5, 0.6) is 5.75 Å². The Bertz CT molecular complexity index is 1160. The van der Waals surface area contributed by atoms with Crippen LogP contribution in [0.15, 0.2) is 78.9 Å². The summed E-state index contributed by atoms with van der Waals surface area (Å²) in [5.74, 6) is 0.422. The molecule has 0 radical (unpaired) electrons. The average Bonchev–Trinajstić information content (AvgIpc) is 2.93. The number of nitrogens with one attached hydrogen (secondary N) is 2. The predicted octanol–water partition coefficient (Wildman–Crippen LogP) is 4.72. The predicted molar refractivity (Wildman–Crippen MR) is 141 cm³/mol. The topological polar surface area (TPSA) is 90.9 Å². The Kier molecular flexibility index (Phi) is 8.36. The monoisotopic (exact) mass is 487 g/mol. The number of ether oxygens (including phenoxy) is 1. The number of piperidine rings is 1. The maximum absolute atomic E-state index is 12.9. The van der Waals surface area contributed by atoms with E-state index in [1.54, 1.807) is 43.5 Å². The lowest BCUT2D eigenvalue weighted by atomic mass is 9.87. The van der Waals surface area contributed by atoms with Crippen LogP contribution in [0.4, 0.5) is 11.4 Å². The first-order valence-corrected chi connectivity index (χ1v) is 12.3. The molecule has 3 aromatic carbocycles. The molecule has 4 rings (SSSR count). The van der Waals surface area contributed by atoms with Crippen LogP contribution in [0.1, 0.15) is 41.8 Å². The molecule has 1 aliphatic heterocycles. The van der Waals surface area contributed by atoms with Gasteiger partial charge in [-0.25, -0.2) is 0 Å². The fourth-order valence-corrected chi connectivity index (χ4v) is 4.60. The molecule has 1 saturated heterocycles. The van der Waals surface area contributed by atoms with E-state index in [1.165, 1.54) is 0 Å². The minimum Gasteiger partial charge on any atom is -0.495 e. The first-order valence-electron chi connectivity index (χ1n) is 12.3. The van der Waals surface area contributed by atoms with E-state index in [9.17, 15) is 14.7 Å². The first-order chi connectivity index (χ1) is 17.5. The quantitative estimate of drug-likeness (QED) is 0.428. The highest BCUT2D eigenvalue weighted by atomic mass is 16.5. The van der Waals surface area contributed by atoms with Crippen LogP contribution in [-0.2, 0) is 4.79 Å². The van der Waals surface area contributed by atoms with Crippen molar-refractivity contribution in [1.82, 2.24) is 4.90 Å². The van der Waals surface area contributed by atoms with Gasteiger partial charge >= 0.3 is 0 Å². The zero-order valence-corrected chi connectivity index (χ0v) is 20.7. The molecule has 0 aliphatic carbocycles. The number of aliphatic hydroxyl groups is 1. The number of rotatable bonds is 8. The second-order valence-electron chi connectivity index (χ2n) is 9.13. The molecule has 0 spiro atoms. The van der Waals surface area contributed by atoms with Gasteiger partial charge in [-0.3, -0.25) is 14.5 Å². The van der Waals surface area contributed by atoms with Crippen molar-refractivity contribution >= 4 is 23.2 Å². The minimum atomic E-state index is -0.476. The van der Waals surface area contributed by atoms with Gasteiger partial charge in [0.2, 0.25) is 5.91 Å². The highest BCUT2D eigenvalue weighted by molar-refractivity contribution is 6.05. The second-order valence-corrected chi connectivity index (χ2v) is 9.13. The van der Waals surface area contributed by atoms with Crippen LogP contribution in [-0.4, -0.2) is 48.1 Å². The number of methoxy groups -OCH3 is 1. The van der Waals surface area contributed by atoms with Crippen LogP contribution < -0.4 is 15.4 Å². The first kappa shape index (κ1) is 25.4. The zero-order chi connectivity index (χ0) is 25.5. The summed E-state index contributed by atoms with van der Waals surface area (Å²) in [6.07, 6.45) is 1.20. The molecule has 3 aromatic rings. The van der Waals surface area contributed by atoms with Crippen molar-refractivity contribution < 1.29 is 19.4 Å². The second kappa shape index (κ2) is 11.8. The van der Waals surface area contributed by atoms with Gasteiger partial charge in [-0.2, -0.15) is 0 Å². The van der Waals surface area contributed by atoms with Gasteiger partial charge in [0.15, 0.2) is 0 Å². The molecule has 36 heavy (non-hydrogen) atoms. The largest absolute Gasteiger partial charge is 0.495 e. The fourth-order valence-electron chi connectivity index (χ4n) is 4.60. The summed E-state index contributed by atoms with van der Waals surface area (Å²) in [6.45, 7) is 3.41. The molecular weight excluding hydrogens is 454 g/mol. The van der Waals surface area contributed by atoms with Gasteiger partial charge in [-0.1, -0.05) is 42.5 Å². The third kappa shape index (κ3) is 6.11. The number of nitrogens with zero attached hydrogens (tertiary/aromatic N) is 1. The molecule has 1 aliphatic rings. The number of amides is 2. The summed E-state index contributed by atoms with van der Waals surface area (Å²) in [5.41, 5.74) is 2.65. The normalized spacial score (nSPS) is 16.1. The number of likely N-dealkylation sites (tertiary alicyclic amines) is 1. The van der Waals surface area contributed by atoms with Gasteiger partial charge in [-0.15, -0.1) is 0 Å². The summed E-state index contributed by atoms with van der Waals surface area (Å²) in [7, 11) is 1.56. The molecular formula is C29H33N3O4. The van der Waals surface area contributed by atoms with E-state index < -0.39 is 6.10 Å². The van der Waals surface area contributed by atoms with Crippen molar-refractivity contribution in [3.8, 4) is 5.75 Å². The van der Waals surface area contributed by atoms with E-state index in [-0.39, 0.29) is 23.8 Å². The standard InChI is InChI=1S/C29H33N3O4/c1-20(32-18-16-22(17-19-32)27(33)21-8-4-3-5-9-21)28(34)30-24-14-12-23(13-15-24)29(35)31-25-10-6-7-11-26(25)36-2/h3-15,20,22,27,33H,16-19H2,1-2H3,(H,30,34)(H,31,35). The Labute approximate surface area is 212 Å². The lowest BCUT2D eigenvalue weighted by Gasteiger charge is -2.37. The molecule has 188 valence electrons. The van der Waals surface area contributed by atoms with Crippen LogP contribution in [0, 0.1) is 5.92 Å². The lowest BCUT2D eigenvalue weighted by molar-refractivity contribution is -0.121. The highest BCUT2D eigenvalue weighted by Crippen LogP contribution is 2.31. The highest BCUT2D eigenvalue weighted by Gasteiger charge is 2.30. The van der Waals surface area contributed by atoms with E-state index in [2.05, 4.69) is 15.5 Å². The summed E-state index contributed by atoms with van der Waals surface area (Å²) >= 11 is 0. The number of benzene rings is 3. The average molecular weight is 488 g/mol. The van der Waals surface area contributed by atoms with Crippen molar-refractivity contribution in [2.75, 3.05) is 30.8 Å². The number of aliphatic hydroxyl groups excluding tert-OH is 1. The summed E-state index contributed by atoms with van der Waals surface area (Å²) in [5, 5.41) is 16.5. The molecule has 1 heterocycles. The van der Waals surface area contributed by atoms with E-state index in [4.69, 9.17) is 4.74 Å². The molecule has 0 bridgehead atoms. The van der Waals surface area contributed by atoms with Crippen molar-refractivity contribution in [2.24, 2.45) is 5.92 Å². The Balaban J connectivity index is 1.28. The number of carbonyl (C=O) groups is 2. The van der Waals surface area contributed by atoms with Gasteiger partial charge in [0.25, 0.3) is 5.91 Å². The molecule has 2 atom stereocenters. The van der Waals surface area contributed by atoms with Crippen molar-refractivity contribution in [3.63, 3.8) is 0 Å². The molecule has 0 aromatic heterocycles. The SMILES string of the molecule is COc1ccccc1NC(=O)c1ccc(NC(=O)C(C)N2CCC(C(O)c3ccccc3)CC2)cc1. The van der Waals surface area contributed by atoms with Crippen LogP contribution >= 0.6 is 0 Å². The smallest absolute Gasteiger partial charge is 0.255 e. The number of para-hydroxylation sites is 2. The lowest BCUT2D eigenvalue weighted by Crippen LogP contribution is -2.46. The number of hydrogen-bond donors (Lipinski definition) is 3. The molecule has 7 heteroatoms. The fraction of sp³-hybridized carbons (Fsp3) is 0.310. The minimum absolute atomic E-state index is 0.0942. The van der Waals surface area contributed by atoms with Gasteiger partial charge in [-0.05, 0) is 80.7 Å². The Morgan fingerprint density at radius 2 is 1.56 bits per heavy atom. The van der Waals surface area contributed by atoms with Crippen molar-refractivity contribution in [1.29, 1.82) is 0 Å². The van der Waals surface area contributed by atoms with E-state index in [1.807, 2.05) is 49.4 Å². The number of hydrogen-bond acceptors (Lipinski definition) is 5. The molecule has 1 fully saturated rings. The molecule has 3 N–H and O–H groups in total. The van der Waals surface area contributed by atoms with Crippen LogP contribution in [0.25, 0.3) is 0 Å². The van der Waals surface area contributed by atoms with Crippen molar-refractivity contribution in [3.05, 3.63) is 90.0 Å². The summed E-state index contributed by atoms with van der Waals surface area (Å²) < 4.78 is 5.28. The molecule has 2 amide bonds. The van der Waals surface area contributed by atoms with Gasteiger partial charge in [0.1, 0.15) is 5.75 Å². The Hall–Kier alpha value is -3.68. The van der Waals surface area contributed by atoms with E-state index in [0.29, 0.717) is 22.7 Å². The number of carbonyl (C=O) groups excluding carboxylic acids is 2. The van der Waals surface area contributed by atoms with Crippen LogP contribution in [0.2, 0.25) is 0 Å². The van der Waals surface area contributed by atoms with Gasteiger partial charge < -0.3 is 20.5 Å². The van der Waals surface area contributed by atoms with Gasteiger partial charge in [0, 0.05) is 11.3 Å². The van der Waals surface area contributed by atoms with E-state index in [0.717, 1.165) is 31.5 Å². The Morgan fingerprint density at radius 3 is 2.22 bits per heavy atom. The summed E-state index contributed by atoms with van der Waals surface area (Å²) in [6, 6.07) is 23.5. The van der Waals surface area contributed by atoms with Gasteiger partial charge in [0.05, 0.1) is 24.9 Å². The van der Waals surface area contributed by atoms with Crippen LogP contribution in [0.3, 0.4) is 0 Å². The summed E-state index contributed by atoms with van der Waals surface area (Å²) in [4.78, 5) is 27.7. The number of anilines is 2. The third-order valence-corrected chi connectivity index (χ3v) is 6.86. The maximum atomic E-state index is 12.9. The third-order valence-electron chi connectivity index (χ3n) is 6.86.